The van der Waals surface area contributed by atoms with E-state index in [0.29, 0.717) is 74.0 Å². The van der Waals surface area contributed by atoms with Crippen LogP contribution in [-0.2, 0) is 35.1 Å². The SMILES string of the molecule is C=CC[C@H]1C[C@@H](C)CN[C@H](C)[C@H]2N(CCCCn3cc(-c4nnc(N)s4)nn3)C(=O)O[C@]2(C)[C@@H](CC)OC(=O)[C@H](C)C(=O)[C@H](C)[C@H]1O[C@@H]1O[C@H](C)CC(N(C)C)C1O. The van der Waals surface area contributed by atoms with Crippen molar-refractivity contribution in [3.8, 4) is 10.7 Å². The molecule has 5 heterocycles. The molecule has 3 fully saturated rings. The van der Waals surface area contributed by atoms with Gasteiger partial charge in [-0.15, -0.1) is 21.9 Å². The van der Waals surface area contributed by atoms with Gasteiger partial charge in [0.15, 0.2) is 22.7 Å². The molecular weight excluding hydrogens is 767 g/mol. The number of Topliss-reactive ketones (excluding diaryl/α,β-unsaturated/α-hetero) is 1. The van der Waals surface area contributed by atoms with Crippen LogP contribution in [0.5, 0.6) is 0 Å². The second-order valence-electron chi connectivity index (χ2n) is 17.0. The van der Waals surface area contributed by atoms with Crippen molar-refractivity contribution >= 4 is 34.3 Å². The number of ketones is 1. The molecule has 0 radical (unpaired) electrons. The number of nitrogens with one attached hydrogen (secondary N) is 1. The fraction of sp³-hybridized carbons (Fsp3) is 0.775. The van der Waals surface area contributed by atoms with Crippen LogP contribution >= 0.6 is 11.3 Å². The van der Waals surface area contributed by atoms with Gasteiger partial charge in [0.05, 0.1) is 24.4 Å². The van der Waals surface area contributed by atoms with Crippen molar-refractivity contribution in [1.82, 2.24) is 40.3 Å². The van der Waals surface area contributed by atoms with E-state index in [2.05, 4.69) is 39.3 Å². The number of aromatic nitrogens is 5. The van der Waals surface area contributed by atoms with Gasteiger partial charge in [-0.3, -0.25) is 19.2 Å². The Morgan fingerprint density at radius 3 is 2.50 bits per heavy atom. The Kier molecular flexibility index (Phi) is 15.4. The molecule has 2 unspecified atom stereocenters. The molecule has 2 aromatic rings. The Balaban J connectivity index is 1.37. The summed E-state index contributed by atoms with van der Waals surface area (Å²) in [6, 6.07) is -0.974. The largest absolute Gasteiger partial charge is 0.458 e. The topological polar surface area (TPSA) is 209 Å². The number of fused-ring (bicyclic) bond motifs is 1. The lowest BCUT2D eigenvalue weighted by atomic mass is 9.79. The number of ether oxygens (including phenoxy) is 4. The van der Waals surface area contributed by atoms with E-state index in [1.54, 1.807) is 29.6 Å². The summed E-state index contributed by atoms with van der Waals surface area (Å²) >= 11 is 1.24. The molecule has 3 aliphatic rings. The van der Waals surface area contributed by atoms with E-state index in [0.717, 1.165) is 0 Å². The van der Waals surface area contributed by atoms with Crippen LogP contribution in [0.25, 0.3) is 10.7 Å². The summed E-state index contributed by atoms with van der Waals surface area (Å²) in [5.41, 5.74) is 5.10. The van der Waals surface area contributed by atoms with Crippen LogP contribution < -0.4 is 11.1 Å². The number of likely N-dealkylation sites (N-methyl/N-ethyl adjacent to an activating group) is 1. The highest BCUT2D eigenvalue weighted by atomic mass is 32.1. The number of rotatable bonds is 12. The second kappa shape index (κ2) is 19.7. The number of esters is 1. The lowest BCUT2D eigenvalue weighted by Crippen LogP contribution is -2.60. The monoisotopic (exact) mass is 831 g/mol. The van der Waals surface area contributed by atoms with Crippen molar-refractivity contribution < 1.29 is 38.4 Å². The molecule has 17 nitrogen and oxygen atoms in total. The van der Waals surface area contributed by atoms with E-state index in [4.69, 9.17) is 24.7 Å². The van der Waals surface area contributed by atoms with Crippen molar-refractivity contribution in [3.63, 3.8) is 0 Å². The zero-order chi connectivity index (χ0) is 42.5. The van der Waals surface area contributed by atoms with E-state index in [-0.39, 0.29) is 35.8 Å². The number of carbonyl (C=O) groups is 3. The third kappa shape index (κ3) is 10.2. The molecule has 0 aliphatic carbocycles. The van der Waals surface area contributed by atoms with Gasteiger partial charge in [-0.25, -0.2) is 4.79 Å². The number of anilines is 1. The highest BCUT2D eigenvalue weighted by molar-refractivity contribution is 7.18. The fourth-order valence-corrected chi connectivity index (χ4v) is 9.59. The van der Waals surface area contributed by atoms with Crippen molar-refractivity contribution in [2.75, 3.05) is 32.9 Å². The van der Waals surface area contributed by atoms with Gasteiger partial charge in [0.1, 0.15) is 23.8 Å². The number of nitrogen functional groups attached to an aromatic ring is 1. The van der Waals surface area contributed by atoms with Gasteiger partial charge in [0, 0.05) is 31.1 Å². The Morgan fingerprint density at radius 1 is 1.12 bits per heavy atom. The molecule has 2 aromatic heterocycles. The number of nitrogens with zero attached hydrogens (tertiary/aromatic N) is 7. The smallest absolute Gasteiger partial charge is 0.410 e. The van der Waals surface area contributed by atoms with Crippen LogP contribution in [-0.4, -0.2) is 140 Å². The number of unbranched alkanes of at least 4 members (excludes halogenated alkanes) is 1. The van der Waals surface area contributed by atoms with Crippen molar-refractivity contribution in [2.45, 2.75) is 148 Å². The summed E-state index contributed by atoms with van der Waals surface area (Å²) in [5.74, 6) is -3.02. The summed E-state index contributed by atoms with van der Waals surface area (Å²) < 4.78 is 27.0. The first-order valence-electron chi connectivity index (χ1n) is 20.7. The van der Waals surface area contributed by atoms with Crippen LogP contribution in [0.4, 0.5) is 9.93 Å². The van der Waals surface area contributed by atoms with Gasteiger partial charge in [-0.1, -0.05) is 43.4 Å². The quantitative estimate of drug-likeness (QED) is 0.120. The van der Waals surface area contributed by atoms with Gasteiger partial charge in [0.25, 0.3) is 0 Å². The molecule has 4 N–H and O–H groups in total. The van der Waals surface area contributed by atoms with Gasteiger partial charge in [-0.2, -0.15) is 0 Å². The summed E-state index contributed by atoms with van der Waals surface area (Å²) in [6.45, 7) is 18.7. The molecule has 13 atom stereocenters. The second-order valence-corrected chi connectivity index (χ2v) is 18.0. The number of allylic oxidation sites excluding steroid dienone is 1. The van der Waals surface area contributed by atoms with Crippen LogP contribution in [0.1, 0.15) is 87.0 Å². The minimum Gasteiger partial charge on any atom is -0.458 e. The van der Waals surface area contributed by atoms with E-state index < -0.39 is 60.1 Å². The molecule has 0 bridgehead atoms. The molecule has 0 aromatic carbocycles. The van der Waals surface area contributed by atoms with Crippen LogP contribution in [0.2, 0.25) is 0 Å². The normalized spacial score (nSPS) is 35.6. The van der Waals surface area contributed by atoms with E-state index in [9.17, 15) is 19.5 Å². The minimum atomic E-state index is -1.22. The van der Waals surface area contributed by atoms with Gasteiger partial charge >= 0.3 is 12.1 Å². The summed E-state index contributed by atoms with van der Waals surface area (Å²) in [4.78, 5) is 45.8. The number of aryl methyl sites for hydroxylation is 1. The maximum Gasteiger partial charge on any atom is 0.410 e. The molecular formula is C40H65N9O8S. The molecule has 324 valence electrons. The zero-order valence-electron chi connectivity index (χ0n) is 35.6. The van der Waals surface area contributed by atoms with Crippen LogP contribution in [0, 0.1) is 23.7 Å². The van der Waals surface area contributed by atoms with E-state index in [1.165, 1.54) is 11.3 Å². The number of hydrogen-bond donors (Lipinski definition) is 3. The maximum atomic E-state index is 14.3. The average Bonchev–Trinajstić information content (AvgIpc) is 3.90. The molecule has 3 saturated heterocycles. The molecule has 1 amide bonds. The molecule has 18 heteroatoms. The number of carbonyl (C=O) groups excluding carboxylic acids is 3. The summed E-state index contributed by atoms with van der Waals surface area (Å²) in [5, 5.41) is 32.4. The minimum absolute atomic E-state index is 0.0933. The highest BCUT2D eigenvalue weighted by Gasteiger charge is 2.58. The highest BCUT2D eigenvalue weighted by Crippen LogP contribution is 2.39. The first-order valence-corrected chi connectivity index (χ1v) is 21.5. The summed E-state index contributed by atoms with van der Waals surface area (Å²) in [7, 11) is 3.83. The van der Waals surface area contributed by atoms with E-state index in [1.807, 2.05) is 52.8 Å². The van der Waals surface area contributed by atoms with Crippen molar-refractivity contribution in [1.29, 1.82) is 0 Å². The average molecular weight is 832 g/mol. The van der Waals surface area contributed by atoms with Crippen molar-refractivity contribution in [2.24, 2.45) is 23.7 Å². The third-order valence-electron chi connectivity index (χ3n) is 12.2. The van der Waals surface area contributed by atoms with Gasteiger partial charge in [-0.05, 0) is 98.7 Å². The van der Waals surface area contributed by atoms with Gasteiger partial charge in [0.2, 0.25) is 5.13 Å². The number of cyclic esters (lactones) is 1. The Bertz CT molecular complexity index is 1710. The Labute approximate surface area is 346 Å². The lowest BCUT2D eigenvalue weighted by Gasteiger charge is -2.44. The summed E-state index contributed by atoms with van der Waals surface area (Å²) in [6.07, 6.45) is 3.01. The molecule has 0 saturated carbocycles. The van der Waals surface area contributed by atoms with Crippen molar-refractivity contribution in [3.05, 3.63) is 18.9 Å². The number of aliphatic hydroxyl groups is 1. The Hall–Kier alpha value is -3.55. The molecule has 3 aliphatic heterocycles. The van der Waals surface area contributed by atoms with Crippen LogP contribution in [0.3, 0.4) is 0 Å². The number of amides is 1. The predicted octanol–water partition coefficient (Wildman–Crippen LogP) is 3.92. The maximum absolute atomic E-state index is 14.3. The van der Waals surface area contributed by atoms with Gasteiger partial charge < -0.3 is 40.0 Å². The fourth-order valence-electron chi connectivity index (χ4n) is 9.03. The number of hydrogen-bond acceptors (Lipinski definition) is 16. The lowest BCUT2D eigenvalue weighted by molar-refractivity contribution is -0.278. The van der Waals surface area contributed by atoms with E-state index >= 15 is 0 Å². The standard InChI is InChI=1S/C40H65N9O8S/c1-11-15-27-18-22(3)20-42-26(7)34-40(8,57-39(53)49(34)17-14-13-16-48-21-28(43-46-48)35-44-45-38(41)58-35)30(12-2)55-36(52)25(6)31(50)24(5)33(27)56-37-32(51)29(47(9)10)19-23(4)54-37/h11,21-27,29-30,32-34,37,42,51H,1,12-20H2,2-10H3,(H2,41,45)/t22-,23-,24+,25-,26-,27+,29?,30-,32?,33-,34-,37+,40-/m1/s1. The first kappa shape index (κ1) is 45.5. The number of aliphatic hydroxyl groups excluding tert-OH is 1. The number of nitrogens with two attached hydrogens (primary N) is 1. The van der Waals surface area contributed by atoms with Crippen LogP contribution in [0.15, 0.2) is 18.9 Å². The molecule has 0 spiro atoms. The molecule has 58 heavy (non-hydrogen) atoms. The first-order chi connectivity index (χ1) is 27.5. The Morgan fingerprint density at radius 2 is 1.84 bits per heavy atom. The zero-order valence-corrected chi connectivity index (χ0v) is 36.4. The third-order valence-corrected chi connectivity index (χ3v) is 12.9. The molecule has 5 rings (SSSR count). The predicted molar refractivity (Wildman–Crippen MR) is 218 cm³/mol.